The van der Waals surface area contributed by atoms with Gasteiger partial charge in [-0.3, -0.25) is 4.79 Å². The fourth-order valence-electron chi connectivity index (χ4n) is 3.96. The minimum atomic E-state index is -0.108. The standard InChI is InChI=1S/C25H27NO4S/c27-25-24(30-21-8-5-18(6-9-21)17-1-2-17)11-12-26(25)20-7-10-23(29-14-13-28-16-31)22(15-20)19-3-4-19/h5-11,15,17,19,31H,1-4,12-14,16H2. The summed E-state index contributed by atoms with van der Waals surface area (Å²) >= 11 is 4.04. The Morgan fingerprint density at radius 3 is 2.45 bits per heavy atom. The van der Waals surface area contributed by atoms with Crippen LogP contribution in [-0.4, -0.2) is 31.6 Å². The molecule has 5 nitrogen and oxygen atoms in total. The second-order valence-corrected chi connectivity index (χ2v) is 8.57. The van der Waals surface area contributed by atoms with Crippen molar-refractivity contribution in [3.05, 3.63) is 65.4 Å². The summed E-state index contributed by atoms with van der Waals surface area (Å²) in [5.41, 5.74) is 3.40. The van der Waals surface area contributed by atoms with Crippen molar-refractivity contribution in [2.75, 3.05) is 30.6 Å². The lowest BCUT2D eigenvalue weighted by atomic mass is 10.1. The third kappa shape index (κ3) is 4.75. The van der Waals surface area contributed by atoms with Crippen molar-refractivity contribution in [3.8, 4) is 11.5 Å². The van der Waals surface area contributed by atoms with Crippen LogP contribution < -0.4 is 14.4 Å². The predicted octanol–water partition coefficient (Wildman–Crippen LogP) is 5.03. The lowest BCUT2D eigenvalue weighted by molar-refractivity contribution is -0.116. The van der Waals surface area contributed by atoms with Gasteiger partial charge in [0, 0.05) is 12.2 Å². The highest BCUT2D eigenvalue weighted by atomic mass is 32.1. The number of amides is 1. The Labute approximate surface area is 188 Å². The van der Waals surface area contributed by atoms with E-state index in [1.165, 1.54) is 24.0 Å². The predicted molar refractivity (Wildman–Crippen MR) is 123 cm³/mol. The van der Waals surface area contributed by atoms with Gasteiger partial charge in [-0.2, -0.15) is 12.6 Å². The molecule has 0 saturated heterocycles. The summed E-state index contributed by atoms with van der Waals surface area (Å²) in [7, 11) is 0. The number of carbonyl (C=O) groups is 1. The number of nitrogens with zero attached hydrogens (tertiary/aromatic N) is 1. The quantitative estimate of drug-likeness (QED) is 0.322. The molecule has 0 spiro atoms. The second kappa shape index (κ2) is 8.97. The molecular formula is C25H27NO4S. The van der Waals surface area contributed by atoms with E-state index in [0.29, 0.717) is 49.0 Å². The number of hydrogen-bond donors (Lipinski definition) is 1. The van der Waals surface area contributed by atoms with Crippen LogP contribution in [0, 0.1) is 0 Å². The van der Waals surface area contributed by atoms with E-state index in [-0.39, 0.29) is 5.91 Å². The van der Waals surface area contributed by atoms with Gasteiger partial charge in [0.2, 0.25) is 0 Å². The van der Waals surface area contributed by atoms with Gasteiger partial charge in [0.1, 0.15) is 18.1 Å². The van der Waals surface area contributed by atoms with Crippen LogP contribution >= 0.6 is 12.6 Å². The van der Waals surface area contributed by atoms with Crippen LogP contribution in [0.3, 0.4) is 0 Å². The first-order valence-electron chi connectivity index (χ1n) is 11.0. The van der Waals surface area contributed by atoms with E-state index in [1.807, 2.05) is 30.3 Å². The van der Waals surface area contributed by atoms with Crippen molar-refractivity contribution in [1.82, 2.24) is 0 Å². The fraction of sp³-hybridized carbons (Fsp3) is 0.400. The van der Waals surface area contributed by atoms with Crippen LogP contribution in [0.15, 0.2) is 54.3 Å². The van der Waals surface area contributed by atoms with Crippen molar-refractivity contribution in [3.63, 3.8) is 0 Å². The molecule has 31 heavy (non-hydrogen) atoms. The molecule has 0 bridgehead atoms. The Morgan fingerprint density at radius 2 is 1.74 bits per heavy atom. The summed E-state index contributed by atoms with van der Waals surface area (Å²) in [6.45, 7) is 1.50. The zero-order chi connectivity index (χ0) is 21.2. The SMILES string of the molecule is O=C1C(Oc2ccc(C3CC3)cc2)=CCN1c1ccc(OCCOCS)c(C2CC2)c1. The highest BCUT2D eigenvalue weighted by molar-refractivity contribution is 7.80. The zero-order valence-corrected chi connectivity index (χ0v) is 18.4. The summed E-state index contributed by atoms with van der Waals surface area (Å²) in [5, 5.41) is 0. The van der Waals surface area contributed by atoms with Crippen molar-refractivity contribution < 1.29 is 19.0 Å². The van der Waals surface area contributed by atoms with Crippen LogP contribution in [0.1, 0.15) is 48.6 Å². The molecule has 6 heteroatoms. The Morgan fingerprint density at radius 1 is 0.968 bits per heavy atom. The van der Waals surface area contributed by atoms with Crippen LogP contribution in [0.2, 0.25) is 0 Å². The first kappa shape index (κ1) is 20.5. The van der Waals surface area contributed by atoms with Crippen molar-refractivity contribution in [2.24, 2.45) is 0 Å². The number of thiol groups is 1. The fourth-order valence-corrected chi connectivity index (χ4v) is 4.09. The lowest BCUT2D eigenvalue weighted by Crippen LogP contribution is -2.27. The van der Waals surface area contributed by atoms with Gasteiger partial charge < -0.3 is 19.1 Å². The van der Waals surface area contributed by atoms with Gasteiger partial charge in [0.05, 0.1) is 12.5 Å². The van der Waals surface area contributed by atoms with Gasteiger partial charge in [-0.1, -0.05) is 12.1 Å². The molecule has 0 aromatic heterocycles. The normalized spacial score (nSPS) is 18.3. The molecule has 162 valence electrons. The highest BCUT2D eigenvalue weighted by Gasteiger charge is 2.31. The maximum Gasteiger partial charge on any atom is 0.294 e. The largest absolute Gasteiger partial charge is 0.491 e. The summed E-state index contributed by atoms with van der Waals surface area (Å²) < 4.78 is 17.1. The number of rotatable bonds is 10. The number of anilines is 1. The number of ether oxygens (including phenoxy) is 3. The van der Waals surface area contributed by atoms with Gasteiger partial charge in [0.25, 0.3) is 5.91 Å². The molecule has 1 amide bonds. The maximum absolute atomic E-state index is 13.0. The molecule has 0 unspecified atom stereocenters. The monoisotopic (exact) mass is 437 g/mol. The molecule has 0 N–H and O–H groups in total. The molecule has 2 aromatic carbocycles. The Balaban J connectivity index is 1.25. The molecule has 2 aliphatic carbocycles. The summed E-state index contributed by atoms with van der Waals surface area (Å²) in [6.07, 6.45) is 6.71. The first-order chi connectivity index (χ1) is 15.2. The number of hydrogen-bond acceptors (Lipinski definition) is 5. The molecule has 2 fully saturated rings. The average molecular weight is 438 g/mol. The molecule has 5 rings (SSSR count). The van der Waals surface area contributed by atoms with Gasteiger partial charge in [-0.05, 0) is 85.1 Å². The Hall–Kier alpha value is -2.44. The average Bonchev–Trinajstić information content (AvgIpc) is 3.71. The van der Waals surface area contributed by atoms with E-state index in [4.69, 9.17) is 14.2 Å². The molecule has 1 aliphatic heterocycles. The van der Waals surface area contributed by atoms with Gasteiger partial charge >= 0.3 is 0 Å². The minimum Gasteiger partial charge on any atom is -0.491 e. The maximum atomic E-state index is 13.0. The first-order valence-corrected chi connectivity index (χ1v) is 11.6. The van der Waals surface area contributed by atoms with Gasteiger partial charge in [-0.25, -0.2) is 0 Å². The molecule has 2 aromatic rings. The van der Waals surface area contributed by atoms with Crippen molar-refractivity contribution in [1.29, 1.82) is 0 Å². The molecule has 2 saturated carbocycles. The van der Waals surface area contributed by atoms with E-state index in [2.05, 4.69) is 30.8 Å². The summed E-state index contributed by atoms with van der Waals surface area (Å²) in [6, 6.07) is 14.1. The summed E-state index contributed by atoms with van der Waals surface area (Å²) in [5.74, 6) is 3.46. The molecule has 1 heterocycles. The minimum absolute atomic E-state index is 0.108. The van der Waals surface area contributed by atoms with E-state index >= 15 is 0 Å². The van der Waals surface area contributed by atoms with Gasteiger partial charge in [0.15, 0.2) is 5.76 Å². The lowest BCUT2D eigenvalue weighted by Gasteiger charge is -2.19. The number of carbonyl (C=O) groups excluding carboxylic acids is 1. The smallest absolute Gasteiger partial charge is 0.294 e. The van der Waals surface area contributed by atoms with Crippen LogP contribution in [0.5, 0.6) is 11.5 Å². The molecular weight excluding hydrogens is 410 g/mol. The molecule has 0 atom stereocenters. The van der Waals surface area contributed by atoms with Gasteiger partial charge in [-0.15, -0.1) is 0 Å². The zero-order valence-electron chi connectivity index (χ0n) is 17.5. The van der Waals surface area contributed by atoms with Crippen molar-refractivity contribution >= 4 is 24.2 Å². The molecule has 3 aliphatic rings. The Bertz CT molecular complexity index is 980. The number of benzene rings is 2. The van der Waals surface area contributed by atoms with Crippen LogP contribution in [-0.2, 0) is 9.53 Å². The summed E-state index contributed by atoms with van der Waals surface area (Å²) in [4.78, 5) is 14.8. The van der Waals surface area contributed by atoms with Crippen LogP contribution in [0.25, 0.3) is 0 Å². The van der Waals surface area contributed by atoms with E-state index in [9.17, 15) is 4.79 Å². The van der Waals surface area contributed by atoms with E-state index in [1.54, 1.807) is 4.90 Å². The topological polar surface area (TPSA) is 48.0 Å². The van der Waals surface area contributed by atoms with E-state index in [0.717, 1.165) is 24.3 Å². The third-order valence-corrected chi connectivity index (χ3v) is 6.15. The second-order valence-electron chi connectivity index (χ2n) is 8.31. The Kier molecular flexibility index (Phi) is 5.92. The van der Waals surface area contributed by atoms with E-state index < -0.39 is 0 Å². The molecule has 0 radical (unpaired) electrons. The highest BCUT2D eigenvalue weighted by Crippen LogP contribution is 2.46. The third-order valence-electron chi connectivity index (χ3n) is 5.97. The van der Waals surface area contributed by atoms with Crippen molar-refractivity contribution in [2.45, 2.75) is 37.5 Å². The van der Waals surface area contributed by atoms with Crippen LogP contribution in [0.4, 0.5) is 5.69 Å².